The maximum Gasteiger partial charge on any atom is 0.124 e. The predicted molar refractivity (Wildman–Crippen MR) is 66.2 cm³/mol. The molecule has 1 spiro atoms. The minimum Gasteiger partial charge on any atom is -0.487 e. The summed E-state index contributed by atoms with van der Waals surface area (Å²) in [6, 6.07) is 8.73. The summed E-state index contributed by atoms with van der Waals surface area (Å²) in [5.41, 5.74) is 1.28. The van der Waals surface area contributed by atoms with Crippen LogP contribution in [0, 0.1) is 0 Å². The Hall–Kier alpha value is -1.06. The highest BCUT2D eigenvalue weighted by Gasteiger charge is 2.50. The molecule has 1 N–H and O–H groups in total. The highest BCUT2D eigenvalue weighted by Crippen LogP contribution is 2.49. The van der Waals surface area contributed by atoms with E-state index in [1.807, 2.05) is 13.1 Å². The van der Waals surface area contributed by atoms with Gasteiger partial charge >= 0.3 is 0 Å². The number of rotatable bonds is 2. The van der Waals surface area contributed by atoms with Gasteiger partial charge in [-0.2, -0.15) is 0 Å². The number of hydrogen-bond acceptors (Lipinski definition) is 3. The molecule has 1 heterocycles. The molecule has 1 aromatic rings. The Morgan fingerprint density at radius 2 is 2.06 bits per heavy atom. The van der Waals surface area contributed by atoms with Crippen LogP contribution in [0.25, 0.3) is 0 Å². The highest BCUT2D eigenvalue weighted by molar-refractivity contribution is 5.39. The Morgan fingerprint density at radius 3 is 2.76 bits per heavy atom. The number of methoxy groups -OCH3 is 1. The summed E-state index contributed by atoms with van der Waals surface area (Å²) in [6.45, 7) is 0. The summed E-state index contributed by atoms with van der Waals surface area (Å²) in [4.78, 5) is 0. The van der Waals surface area contributed by atoms with Crippen LogP contribution in [0.1, 0.15) is 30.9 Å². The number of ether oxygens (including phenoxy) is 2. The van der Waals surface area contributed by atoms with Gasteiger partial charge in [-0.05, 0) is 13.1 Å². The van der Waals surface area contributed by atoms with Gasteiger partial charge in [-0.15, -0.1) is 0 Å². The standard InChI is InChI=1S/C14H19NO2/c1-15-12-9-14(7-10(8-14)16-2)17-13-6-4-3-5-11(12)13/h3-6,10,12,15H,7-9H2,1-2H3. The molecule has 0 radical (unpaired) electrons. The van der Waals surface area contributed by atoms with Crippen molar-refractivity contribution in [2.75, 3.05) is 14.2 Å². The van der Waals surface area contributed by atoms with Gasteiger partial charge in [-0.1, -0.05) is 18.2 Å². The zero-order chi connectivity index (χ0) is 11.9. The van der Waals surface area contributed by atoms with Gasteiger partial charge in [-0.3, -0.25) is 0 Å². The fourth-order valence-corrected chi connectivity index (χ4v) is 3.06. The lowest BCUT2D eigenvalue weighted by Gasteiger charge is -2.51. The van der Waals surface area contributed by atoms with E-state index in [-0.39, 0.29) is 5.60 Å². The Bertz CT molecular complexity index is 412. The van der Waals surface area contributed by atoms with Crippen molar-refractivity contribution in [1.82, 2.24) is 5.32 Å². The molecule has 3 nitrogen and oxygen atoms in total. The largest absolute Gasteiger partial charge is 0.487 e. The summed E-state index contributed by atoms with van der Waals surface area (Å²) in [5.74, 6) is 1.03. The van der Waals surface area contributed by atoms with Crippen molar-refractivity contribution in [1.29, 1.82) is 0 Å². The van der Waals surface area contributed by atoms with Gasteiger partial charge < -0.3 is 14.8 Å². The van der Waals surface area contributed by atoms with Crippen molar-refractivity contribution in [3.05, 3.63) is 29.8 Å². The lowest BCUT2D eigenvalue weighted by Crippen LogP contribution is -2.55. The van der Waals surface area contributed by atoms with Crippen LogP contribution >= 0.6 is 0 Å². The van der Waals surface area contributed by atoms with Crippen LogP contribution in [0.15, 0.2) is 24.3 Å². The van der Waals surface area contributed by atoms with E-state index in [4.69, 9.17) is 9.47 Å². The van der Waals surface area contributed by atoms with Crippen molar-refractivity contribution in [3.8, 4) is 5.75 Å². The minimum absolute atomic E-state index is 0.00269. The van der Waals surface area contributed by atoms with Crippen LogP contribution in [0.5, 0.6) is 5.75 Å². The van der Waals surface area contributed by atoms with Crippen molar-refractivity contribution < 1.29 is 9.47 Å². The van der Waals surface area contributed by atoms with Gasteiger partial charge in [0.1, 0.15) is 11.4 Å². The van der Waals surface area contributed by atoms with Gasteiger partial charge in [0, 0.05) is 38.0 Å². The first-order valence-corrected chi connectivity index (χ1v) is 6.24. The Balaban J connectivity index is 1.86. The second kappa shape index (κ2) is 4.00. The van der Waals surface area contributed by atoms with E-state index >= 15 is 0 Å². The van der Waals surface area contributed by atoms with Crippen LogP contribution in [0.3, 0.4) is 0 Å². The van der Waals surface area contributed by atoms with E-state index in [1.165, 1.54) is 5.56 Å². The van der Waals surface area contributed by atoms with Crippen molar-refractivity contribution in [2.24, 2.45) is 0 Å². The molecule has 0 bridgehead atoms. The summed E-state index contributed by atoms with van der Waals surface area (Å²) in [6.07, 6.45) is 3.43. The molecule has 0 aromatic heterocycles. The highest BCUT2D eigenvalue weighted by atomic mass is 16.5. The van der Waals surface area contributed by atoms with Crippen molar-refractivity contribution in [3.63, 3.8) is 0 Å². The maximum absolute atomic E-state index is 6.20. The predicted octanol–water partition coefficient (Wildman–Crippen LogP) is 2.28. The molecule has 1 atom stereocenters. The number of nitrogens with one attached hydrogen (secondary N) is 1. The van der Waals surface area contributed by atoms with Gasteiger partial charge in [-0.25, -0.2) is 0 Å². The monoisotopic (exact) mass is 233 g/mol. The number of fused-ring (bicyclic) bond motifs is 1. The molecule has 3 heteroatoms. The molecule has 2 aliphatic rings. The number of para-hydroxylation sites is 1. The first kappa shape index (κ1) is 11.1. The Morgan fingerprint density at radius 1 is 1.29 bits per heavy atom. The zero-order valence-corrected chi connectivity index (χ0v) is 10.4. The molecular weight excluding hydrogens is 214 g/mol. The fourth-order valence-electron chi connectivity index (χ4n) is 3.06. The topological polar surface area (TPSA) is 30.5 Å². The molecule has 1 unspecified atom stereocenters. The minimum atomic E-state index is 0.00269. The first-order valence-electron chi connectivity index (χ1n) is 6.24. The van der Waals surface area contributed by atoms with Gasteiger partial charge in [0.2, 0.25) is 0 Å². The van der Waals surface area contributed by atoms with Crippen LogP contribution in [-0.2, 0) is 4.74 Å². The molecule has 1 aromatic carbocycles. The smallest absolute Gasteiger partial charge is 0.124 e. The molecule has 0 amide bonds. The van der Waals surface area contributed by atoms with E-state index in [0.29, 0.717) is 12.1 Å². The van der Waals surface area contributed by atoms with Crippen LogP contribution < -0.4 is 10.1 Å². The summed E-state index contributed by atoms with van der Waals surface area (Å²) >= 11 is 0. The van der Waals surface area contributed by atoms with E-state index in [2.05, 4.69) is 23.5 Å². The molecule has 3 rings (SSSR count). The molecule has 0 saturated heterocycles. The molecule has 17 heavy (non-hydrogen) atoms. The van der Waals surface area contributed by atoms with E-state index in [0.717, 1.165) is 25.0 Å². The molecule has 92 valence electrons. The summed E-state index contributed by atoms with van der Waals surface area (Å²) in [7, 11) is 3.80. The third-order valence-corrected chi connectivity index (χ3v) is 4.08. The molecule has 1 fully saturated rings. The van der Waals surface area contributed by atoms with Crippen LogP contribution in [0.2, 0.25) is 0 Å². The Labute approximate surface area is 102 Å². The number of benzene rings is 1. The first-order chi connectivity index (χ1) is 8.26. The van der Waals surface area contributed by atoms with Crippen molar-refractivity contribution in [2.45, 2.75) is 37.0 Å². The zero-order valence-electron chi connectivity index (χ0n) is 10.4. The van der Waals surface area contributed by atoms with E-state index in [9.17, 15) is 0 Å². The lowest BCUT2D eigenvalue weighted by molar-refractivity contribution is -0.125. The number of hydrogen-bond donors (Lipinski definition) is 1. The average Bonchev–Trinajstić information content (AvgIpc) is 2.34. The quantitative estimate of drug-likeness (QED) is 0.850. The van der Waals surface area contributed by atoms with E-state index < -0.39 is 0 Å². The van der Waals surface area contributed by atoms with Crippen LogP contribution in [-0.4, -0.2) is 25.9 Å². The molecular formula is C14H19NO2. The summed E-state index contributed by atoms with van der Waals surface area (Å²) in [5, 5.41) is 3.40. The average molecular weight is 233 g/mol. The third-order valence-electron chi connectivity index (χ3n) is 4.08. The third kappa shape index (κ3) is 1.74. The molecule has 1 saturated carbocycles. The fraction of sp³-hybridized carbons (Fsp3) is 0.571. The normalized spacial score (nSPS) is 34.9. The van der Waals surface area contributed by atoms with Crippen molar-refractivity contribution >= 4 is 0 Å². The molecule has 1 aliphatic carbocycles. The van der Waals surface area contributed by atoms with Crippen LogP contribution in [0.4, 0.5) is 0 Å². The SMILES string of the molecule is CNC1CC2(CC(OC)C2)Oc2ccccc21. The summed E-state index contributed by atoms with van der Waals surface area (Å²) < 4.78 is 11.6. The molecule has 1 aliphatic heterocycles. The van der Waals surface area contributed by atoms with Gasteiger partial charge in [0.05, 0.1) is 6.10 Å². The lowest BCUT2D eigenvalue weighted by atomic mass is 9.71. The van der Waals surface area contributed by atoms with Gasteiger partial charge in [0.15, 0.2) is 0 Å². The van der Waals surface area contributed by atoms with E-state index in [1.54, 1.807) is 7.11 Å². The Kier molecular flexibility index (Phi) is 2.60. The maximum atomic E-state index is 6.20. The second-order valence-electron chi connectivity index (χ2n) is 5.13. The second-order valence-corrected chi connectivity index (χ2v) is 5.13. The van der Waals surface area contributed by atoms with Gasteiger partial charge in [0.25, 0.3) is 0 Å².